The highest BCUT2D eigenvalue weighted by Gasteiger charge is 2.05. The van der Waals surface area contributed by atoms with Crippen LogP contribution in [-0.2, 0) is 11.3 Å². The van der Waals surface area contributed by atoms with Crippen molar-refractivity contribution in [1.82, 2.24) is 10.6 Å². The van der Waals surface area contributed by atoms with Crippen LogP contribution in [0.2, 0.25) is 0 Å². The molecular weight excluding hydrogens is 235 g/mol. The Labute approximate surface area is 107 Å². The van der Waals surface area contributed by atoms with Crippen LogP contribution in [0.1, 0.15) is 18.4 Å². The van der Waals surface area contributed by atoms with Gasteiger partial charge in [0.25, 0.3) is 0 Å². The molecule has 0 radical (unpaired) electrons. The van der Waals surface area contributed by atoms with Gasteiger partial charge in [0.05, 0.1) is 6.61 Å². The zero-order chi connectivity index (χ0) is 13.4. The van der Waals surface area contributed by atoms with Crippen LogP contribution in [-0.4, -0.2) is 26.6 Å². The predicted octanol–water partition coefficient (Wildman–Crippen LogP) is 1.45. The molecule has 0 atom stereocenters. The number of nitrogens with one attached hydrogen (secondary N) is 2. The largest absolute Gasteiger partial charge is 0.491 e. The minimum absolute atomic E-state index is 0.0385. The van der Waals surface area contributed by atoms with Crippen LogP contribution >= 0.6 is 0 Å². The molecule has 0 spiro atoms. The highest BCUT2D eigenvalue weighted by atomic mass is 19.1. The summed E-state index contributed by atoms with van der Waals surface area (Å²) in [4.78, 5) is 11.0. The van der Waals surface area contributed by atoms with Gasteiger partial charge in [0.15, 0.2) is 11.6 Å². The molecule has 2 N–H and O–H groups in total. The normalized spacial score (nSPS) is 10.2. The average Bonchev–Trinajstić information content (AvgIpc) is 2.36. The summed E-state index contributed by atoms with van der Waals surface area (Å²) in [6.07, 6.45) is 0.952. The third-order valence-electron chi connectivity index (χ3n) is 2.46. The zero-order valence-electron chi connectivity index (χ0n) is 10.8. The molecular formula is C13H19FN2O2. The fourth-order valence-electron chi connectivity index (χ4n) is 1.52. The maximum absolute atomic E-state index is 13.6. The summed E-state index contributed by atoms with van der Waals surface area (Å²) in [6.45, 7) is 0.948. The number of hydrogen-bond donors (Lipinski definition) is 2. The number of halogens is 1. The van der Waals surface area contributed by atoms with Crippen molar-refractivity contribution < 1.29 is 13.9 Å². The van der Waals surface area contributed by atoms with Gasteiger partial charge in [0, 0.05) is 20.0 Å². The fraction of sp³-hybridized carbons (Fsp3) is 0.462. The first kappa shape index (κ1) is 14.4. The van der Waals surface area contributed by atoms with Crippen LogP contribution in [0.5, 0.6) is 5.75 Å². The molecule has 18 heavy (non-hydrogen) atoms. The SMILES string of the molecule is CNCc1ccc(OCCCC(=O)NC)c(F)c1. The Morgan fingerprint density at radius 2 is 2.17 bits per heavy atom. The monoisotopic (exact) mass is 254 g/mol. The van der Waals surface area contributed by atoms with E-state index >= 15 is 0 Å². The van der Waals surface area contributed by atoms with Crippen LogP contribution in [0.25, 0.3) is 0 Å². The minimum atomic E-state index is -0.373. The first-order chi connectivity index (χ1) is 8.67. The highest BCUT2D eigenvalue weighted by molar-refractivity contribution is 5.75. The molecule has 100 valence electrons. The summed E-state index contributed by atoms with van der Waals surface area (Å²) in [5.41, 5.74) is 0.868. The summed E-state index contributed by atoms with van der Waals surface area (Å²) in [7, 11) is 3.39. The molecule has 1 amide bonds. The van der Waals surface area contributed by atoms with E-state index in [-0.39, 0.29) is 17.5 Å². The van der Waals surface area contributed by atoms with Gasteiger partial charge in [-0.05, 0) is 31.2 Å². The molecule has 0 bridgehead atoms. The Morgan fingerprint density at radius 1 is 1.39 bits per heavy atom. The van der Waals surface area contributed by atoms with Crippen molar-refractivity contribution >= 4 is 5.91 Å². The summed E-state index contributed by atoms with van der Waals surface area (Å²) < 4.78 is 18.9. The van der Waals surface area contributed by atoms with E-state index in [1.165, 1.54) is 6.07 Å². The van der Waals surface area contributed by atoms with Crippen LogP contribution in [0, 0.1) is 5.82 Å². The number of benzene rings is 1. The van der Waals surface area contributed by atoms with E-state index in [2.05, 4.69) is 10.6 Å². The number of carbonyl (C=O) groups excluding carboxylic acids is 1. The average molecular weight is 254 g/mol. The van der Waals surface area contributed by atoms with Crippen molar-refractivity contribution in [2.45, 2.75) is 19.4 Å². The molecule has 4 nitrogen and oxygen atoms in total. The number of rotatable bonds is 7. The van der Waals surface area contributed by atoms with E-state index in [1.807, 2.05) is 6.07 Å². The molecule has 0 unspecified atom stereocenters. The van der Waals surface area contributed by atoms with Gasteiger partial charge in [0.1, 0.15) is 0 Å². The van der Waals surface area contributed by atoms with Crippen LogP contribution in [0.15, 0.2) is 18.2 Å². The molecule has 0 aliphatic rings. The van der Waals surface area contributed by atoms with Gasteiger partial charge in [-0.15, -0.1) is 0 Å². The van der Waals surface area contributed by atoms with E-state index < -0.39 is 0 Å². The van der Waals surface area contributed by atoms with Gasteiger partial charge in [-0.2, -0.15) is 0 Å². The molecule has 0 heterocycles. The topological polar surface area (TPSA) is 50.4 Å². The van der Waals surface area contributed by atoms with Gasteiger partial charge in [0.2, 0.25) is 5.91 Å². The quantitative estimate of drug-likeness (QED) is 0.724. The smallest absolute Gasteiger partial charge is 0.219 e. The Kier molecular flexibility index (Phi) is 6.14. The molecule has 1 aromatic rings. The Bertz CT molecular complexity index is 397. The van der Waals surface area contributed by atoms with E-state index in [9.17, 15) is 9.18 Å². The van der Waals surface area contributed by atoms with Gasteiger partial charge in [-0.1, -0.05) is 6.07 Å². The Balaban J connectivity index is 2.40. The molecule has 0 aliphatic heterocycles. The van der Waals surface area contributed by atoms with Gasteiger partial charge in [-0.25, -0.2) is 4.39 Å². The van der Waals surface area contributed by atoms with E-state index in [4.69, 9.17) is 4.74 Å². The lowest BCUT2D eigenvalue weighted by Crippen LogP contribution is -2.18. The predicted molar refractivity (Wildman–Crippen MR) is 68.0 cm³/mol. The van der Waals surface area contributed by atoms with Gasteiger partial charge >= 0.3 is 0 Å². The summed E-state index contributed by atoms with van der Waals surface area (Å²) in [5.74, 6) is -0.183. The highest BCUT2D eigenvalue weighted by Crippen LogP contribution is 2.18. The summed E-state index contributed by atoms with van der Waals surface area (Å²) in [5, 5.41) is 5.47. The van der Waals surface area contributed by atoms with Crippen molar-refractivity contribution in [2.75, 3.05) is 20.7 Å². The molecule has 1 rings (SSSR count). The second-order valence-corrected chi connectivity index (χ2v) is 3.92. The van der Waals surface area contributed by atoms with Gasteiger partial charge in [-0.3, -0.25) is 4.79 Å². The standard InChI is InChI=1S/C13H19FN2O2/c1-15-9-10-5-6-12(11(14)8-10)18-7-3-4-13(17)16-2/h5-6,8,15H,3-4,7,9H2,1-2H3,(H,16,17). The van der Waals surface area contributed by atoms with Crippen LogP contribution < -0.4 is 15.4 Å². The van der Waals surface area contributed by atoms with Gasteiger partial charge < -0.3 is 15.4 Å². The fourth-order valence-corrected chi connectivity index (χ4v) is 1.52. The summed E-state index contributed by atoms with van der Waals surface area (Å²) >= 11 is 0. The van der Waals surface area contributed by atoms with Crippen molar-refractivity contribution in [3.05, 3.63) is 29.6 Å². The molecule has 0 saturated heterocycles. The van der Waals surface area contributed by atoms with E-state index in [1.54, 1.807) is 20.2 Å². The van der Waals surface area contributed by atoms with Crippen molar-refractivity contribution in [3.63, 3.8) is 0 Å². The molecule has 1 aromatic carbocycles. The Morgan fingerprint density at radius 3 is 2.78 bits per heavy atom. The third-order valence-corrected chi connectivity index (χ3v) is 2.46. The maximum Gasteiger partial charge on any atom is 0.219 e. The lowest BCUT2D eigenvalue weighted by atomic mass is 10.2. The second kappa shape index (κ2) is 7.66. The lowest BCUT2D eigenvalue weighted by Gasteiger charge is -2.08. The minimum Gasteiger partial charge on any atom is -0.491 e. The first-order valence-corrected chi connectivity index (χ1v) is 5.93. The molecule has 0 fully saturated rings. The number of amides is 1. The molecule has 0 saturated carbocycles. The molecule has 0 aliphatic carbocycles. The first-order valence-electron chi connectivity index (χ1n) is 5.93. The van der Waals surface area contributed by atoms with Crippen molar-refractivity contribution in [2.24, 2.45) is 0 Å². The van der Waals surface area contributed by atoms with Crippen LogP contribution in [0.3, 0.4) is 0 Å². The lowest BCUT2D eigenvalue weighted by molar-refractivity contribution is -0.120. The summed E-state index contributed by atoms with van der Waals surface area (Å²) in [6, 6.07) is 4.88. The van der Waals surface area contributed by atoms with Crippen molar-refractivity contribution in [1.29, 1.82) is 0 Å². The number of hydrogen-bond acceptors (Lipinski definition) is 3. The van der Waals surface area contributed by atoms with Crippen molar-refractivity contribution in [3.8, 4) is 5.75 Å². The van der Waals surface area contributed by atoms with Crippen LogP contribution in [0.4, 0.5) is 4.39 Å². The van der Waals surface area contributed by atoms with E-state index in [0.717, 1.165) is 5.56 Å². The number of carbonyl (C=O) groups is 1. The third kappa shape index (κ3) is 4.71. The second-order valence-electron chi connectivity index (χ2n) is 3.92. The maximum atomic E-state index is 13.6. The van der Waals surface area contributed by atoms with E-state index in [0.29, 0.717) is 26.0 Å². The number of ether oxygens (including phenoxy) is 1. The zero-order valence-corrected chi connectivity index (χ0v) is 10.8. The Hall–Kier alpha value is -1.62. The molecule has 5 heteroatoms. The molecule has 0 aromatic heterocycles.